The first-order valence-corrected chi connectivity index (χ1v) is 7.29. The average Bonchev–Trinajstić information content (AvgIpc) is 2.30. The summed E-state index contributed by atoms with van der Waals surface area (Å²) in [5.74, 6) is 1.84. The number of thioether (sulfide) groups is 1. The molecule has 88 valence electrons. The third kappa shape index (κ3) is 3.30. The van der Waals surface area contributed by atoms with Crippen LogP contribution in [0, 0.1) is 5.92 Å². The molecule has 1 fully saturated rings. The van der Waals surface area contributed by atoms with Gasteiger partial charge in [0.2, 0.25) is 0 Å². The molecule has 16 heavy (non-hydrogen) atoms. The van der Waals surface area contributed by atoms with Crippen molar-refractivity contribution in [2.75, 3.05) is 18.8 Å². The Morgan fingerprint density at radius 1 is 1.31 bits per heavy atom. The van der Waals surface area contributed by atoms with Crippen molar-refractivity contribution in [1.82, 2.24) is 5.32 Å². The van der Waals surface area contributed by atoms with Crippen LogP contribution < -0.4 is 5.32 Å². The molecule has 0 spiro atoms. The van der Waals surface area contributed by atoms with Crippen molar-refractivity contribution in [1.29, 1.82) is 0 Å². The summed E-state index contributed by atoms with van der Waals surface area (Å²) in [6.07, 6.45) is 2.59. The number of hydrogen-bond acceptors (Lipinski definition) is 2. The van der Waals surface area contributed by atoms with Gasteiger partial charge in [-0.05, 0) is 44.0 Å². The second kappa shape index (κ2) is 6.15. The van der Waals surface area contributed by atoms with Crippen LogP contribution >= 0.6 is 35.0 Å². The average molecular weight is 276 g/mol. The van der Waals surface area contributed by atoms with Crippen molar-refractivity contribution < 1.29 is 0 Å². The van der Waals surface area contributed by atoms with Crippen molar-refractivity contribution >= 4 is 35.0 Å². The highest BCUT2D eigenvalue weighted by molar-refractivity contribution is 7.99. The molecule has 1 atom stereocenters. The van der Waals surface area contributed by atoms with Crippen LogP contribution in [-0.4, -0.2) is 18.8 Å². The van der Waals surface area contributed by atoms with E-state index in [2.05, 4.69) is 5.32 Å². The Balaban J connectivity index is 1.93. The normalized spacial score (nSPS) is 21.0. The summed E-state index contributed by atoms with van der Waals surface area (Å²) in [6, 6.07) is 5.68. The number of hydrogen-bond donors (Lipinski definition) is 1. The lowest BCUT2D eigenvalue weighted by Gasteiger charge is -2.22. The summed E-state index contributed by atoms with van der Waals surface area (Å²) in [6.45, 7) is 2.28. The van der Waals surface area contributed by atoms with E-state index >= 15 is 0 Å². The summed E-state index contributed by atoms with van der Waals surface area (Å²) in [5, 5.41) is 4.95. The highest BCUT2D eigenvalue weighted by Crippen LogP contribution is 2.35. The summed E-state index contributed by atoms with van der Waals surface area (Å²) in [5.41, 5.74) is 0. The third-order valence-corrected chi connectivity index (χ3v) is 5.00. The van der Waals surface area contributed by atoms with E-state index in [-0.39, 0.29) is 0 Å². The van der Waals surface area contributed by atoms with Gasteiger partial charge in [0.1, 0.15) is 0 Å². The van der Waals surface area contributed by atoms with Gasteiger partial charge in [0, 0.05) is 10.6 Å². The lowest BCUT2D eigenvalue weighted by Crippen LogP contribution is -2.30. The van der Waals surface area contributed by atoms with Gasteiger partial charge in [-0.25, -0.2) is 0 Å². The molecule has 1 N–H and O–H groups in total. The smallest absolute Gasteiger partial charge is 0.0556 e. The molecule has 1 heterocycles. The summed E-state index contributed by atoms with van der Waals surface area (Å²) >= 11 is 14.0. The monoisotopic (exact) mass is 275 g/mol. The lowest BCUT2D eigenvalue weighted by molar-refractivity contribution is 0.410. The first-order valence-electron chi connectivity index (χ1n) is 5.55. The van der Waals surface area contributed by atoms with Gasteiger partial charge in [-0.15, -0.1) is 11.8 Å². The molecule has 1 aromatic rings. The molecule has 0 aliphatic carbocycles. The molecule has 0 amide bonds. The molecule has 1 nitrogen and oxygen atoms in total. The minimum Gasteiger partial charge on any atom is -0.316 e. The maximum atomic E-state index is 6.13. The van der Waals surface area contributed by atoms with Crippen molar-refractivity contribution in [3.05, 3.63) is 28.2 Å². The predicted molar refractivity (Wildman–Crippen MR) is 72.8 cm³/mol. The largest absolute Gasteiger partial charge is 0.316 e. The van der Waals surface area contributed by atoms with Crippen LogP contribution in [0.5, 0.6) is 0 Å². The number of piperidine rings is 1. The van der Waals surface area contributed by atoms with Crippen LogP contribution in [0.1, 0.15) is 12.8 Å². The lowest BCUT2D eigenvalue weighted by atomic mass is 10.0. The fourth-order valence-corrected chi connectivity index (χ4v) is 3.71. The van der Waals surface area contributed by atoms with E-state index in [0.717, 1.165) is 39.7 Å². The van der Waals surface area contributed by atoms with E-state index in [1.807, 2.05) is 18.2 Å². The Kier molecular flexibility index (Phi) is 4.83. The Morgan fingerprint density at radius 3 is 2.69 bits per heavy atom. The van der Waals surface area contributed by atoms with Gasteiger partial charge in [0.25, 0.3) is 0 Å². The molecule has 0 radical (unpaired) electrons. The predicted octanol–water partition coefficient (Wildman–Crippen LogP) is 4.09. The van der Waals surface area contributed by atoms with E-state index in [4.69, 9.17) is 23.2 Å². The number of rotatable bonds is 3. The SMILES string of the molecule is Clc1cccc(Cl)c1SC[C@@H]1CCCNC1. The molecule has 0 unspecified atom stereocenters. The zero-order valence-electron chi connectivity index (χ0n) is 9.01. The zero-order valence-corrected chi connectivity index (χ0v) is 11.3. The second-order valence-electron chi connectivity index (χ2n) is 4.07. The maximum absolute atomic E-state index is 6.13. The van der Waals surface area contributed by atoms with E-state index in [1.165, 1.54) is 12.8 Å². The van der Waals surface area contributed by atoms with Crippen LogP contribution in [0.4, 0.5) is 0 Å². The van der Waals surface area contributed by atoms with Crippen LogP contribution in [0.25, 0.3) is 0 Å². The molecule has 1 saturated heterocycles. The number of nitrogens with one attached hydrogen (secondary N) is 1. The molecular formula is C12H15Cl2NS. The number of benzene rings is 1. The molecule has 0 saturated carbocycles. The molecule has 1 aliphatic rings. The Morgan fingerprint density at radius 2 is 2.06 bits per heavy atom. The van der Waals surface area contributed by atoms with Gasteiger partial charge in [-0.1, -0.05) is 29.3 Å². The van der Waals surface area contributed by atoms with Crippen LogP contribution in [0.2, 0.25) is 10.0 Å². The molecule has 4 heteroatoms. The van der Waals surface area contributed by atoms with Crippen LogP contribution in [0.15, 0.2) is 23.1 Å². The van der Waals surface area contributed by atoms with Crippen LogP contribution in [0.3, 0.4) is 0 Å². The summed E-state index contributed by atoms with van der Waals surface area (Å²) in [7, 11) is 0. The number of halogens is 2. The highest BCUT2D eigenvalue weighted by Gasteiger charge is 2.14. The van der Waals surface area contributed by atoms with E-state index in [9.17, 15) is 0 Å². The molecule has 0 bridgehead atoms. The van der Waals surface area contributed by atoms with Gasteiger partial charge >= 0.3 is 0 Å². The Hall–Kier alpha value is 0.110. The summed E-state index contributed by atoms with van der Waals surface area (Å²) in [4.78, 5) is 1.02. The first-order chi connectivity index (χ1) is 7.77. The molecule has 0 aromatic heterocycles. The van der Waals surface area contributed by atoms with Crippen molar-refractivity contribution in [3.63, 3.8) is 0 Å². The quantitative estimate of drug-likeness (QED) is 0.835. The van der Waals surface area contributed by atoms with Crippen molar-refractivity contribution in [2.45, 2.75) is 17.7 Å². The fraction of sp³-hybridized carbons (Fsp3) is 0.500. The van der Waals surface area contributed by atoms with Crippen molar-refractivity contribution in [3.8, 4) is 0 Å². The second-order valence-corrected chi connectivity index (χ2v) is 5.92. The third-order valence-electron chi connectivity index (χ3n) is 2.78. The summed E-state index contributed by atoms with van der Waals surface area (Å²) < 4.78 is 0. The molecular weight excluding hydrogens is 261 g/mol. The molecule has 2 rings (SSSR count). The van der Waals surface area contributed by atoms with Gasteiger partial charge < -0.3 is 5.32 Å². The maximum Gasteiger partial charge on any atom is 0.0556 e. The fourth-order valence-electron chi connectivity index (χ4n) is 1.89. The minimum atomic E-state index is 0.742. The van der Waals surface area contributed by atoms with Gasteiger partial charge in [0.15, 0.2) is 0 Å². The topological polar surface area (TPSA) is 12.0 Å². The van der Waals surface area contributed by atoms with Gasteiger partial charge in [-0.3, -0.25) is 0 Å². The Bertz CT molecular complexity index is 331. The van der Waals surface area contributed by atoms with E-state index in [0.29, 0.717) is 0 Å². The molecule has 1 aromatic carbocycles. The first kappa shape index (κ1) is 12.6. The standard InChI is InChI=1S/C12H15Cl2NS/c13-10-4-1-5-11(14)12(10)16-8-9-3-2-6-15-7-9/h1,4-5,9,15H,2-3,6-8H2/t9-/m1/s1. The molecule has 1 aliphatic heterocycles. The van der Waals surface area contributed by atoms with E-state index in [1.54, 1.807) is 11.8 Å². The van der Waals surface area contributed by atoms with Crippen LogP contribution in [-0.2, 0) is 0 Å². The van der Waals surface area contributed by atoms with Gasteiger partial charge in [-0.2, -0.15) is 0 Å². The van der Waals surface area contributed by atoms with Gasteiger partial charge in [0.05, 0.1) is 10.0 Å². The van der Waals surface area contributed by atoms with E-state index < -0.39 is 0 Å². The zero-order chi connectivity index (χ0) is 11.4. The highest BCUT2D eigenvalue weighted by atomic mass is 35.5. The minimum absolute atomic E-state index is 0.742. The van der Waals surface area contributed by atoms with Crippen molar-refractivity contribution in [2.24, 2.45) is 5.92 Å². The Labute approximate surface area is 111 Å².